The van der Waals surface area contributed by atoms with Crippen LogP contribution in [0.25, 0.3) is 11.1 Å². The fraction of sp³-hybridized carbons (Fsp3) is 0.133. The van der Waals surface area contributed by atoms with E-state index in [-0.39, 0.29) is 0 Å². The Bertz CT molecular complexity index is 718. The second kappa shape index (κ2) is 4.74. The number of hydrogen-bond acceptors (Lipinski definition) is 4. The van der Waals surface area contributed by atoms with Crippen LogP contribution in [0.2, 0.25) is 0 Å². The molecule has 4 heteroatoms. The Morgan fingerprint density at radius 1 is 1.21 bits per heavy atom. The molecule has 0 aliphatic carbocycles. The minimum Gasteiger partial charge on any atom is -0.423 e. The molecule has 0 unspecified atom stereocenters. The minimum absolute atomic E-state index is 0.475. The van der Waals surface area contributed by atoms with Crippen molar-refractivity contribution in [2.75, 3.05) is 5.32 Å². The molecule has 0 saturated heterocycles. The number of aromatic nitrogens is 1. The molecule has 0 saturated carbocycles. The molecule has 3 N–H and O–H groups in total. The molecule has 0 radical (unpaired) electrons. The first-order valence-electron chi connectivity index (χ1n) is 6.18. The van der Waals surface area contributed by atoms with Gasteiger partial charge < -0.3 is 15.5 Å². The zero-order valence-electron chi connectivity index (χ0n) is 10.7. The highest BCUT2D eigenvalue weighted by Crippen LogP contribution is 2.24. The molecule has 0 aliphatic heterocycles. The summed E-state index contributed by atoms with van der Waals surface area (Å²) < 4.78 is 5.66. The summed E-state index contributed by atoms with van der Waals surface area (Å²) >= 11 is 0. The quantitative estimate of drug-likeness (QED) is 0.751. The van der Waals surface area contributed by atoms with Crippen LogP contribution in [0.4, 0.5) is 11.7 Å². The van der Waals surface area contributed by atoms with Gasteiger partial charge in [0.15, 0.2) is 5.58 Å². The topological polar surface area (TPSA) is 64.1 Å². The van der Waals surface area contributed by atoms with Crippen molar-refractivity contribution >= 4 is 22.8 Å². The molecule has 4 nitrogen and oxygen atoms in total. The van der Waals surface area contributed by atoms with Gasteiger partial charge in [0, 0.05) is 12.2 Å². The number of rotatable bonds is 3. The Morgan fingerprint density at radius 2 is 2.05 bits per heavy atom. The maximum absolute atomic E-state index is 5.71. The SMILES string of the molecule is Cc1ccc2oc(Nc3ccccc3CN)nc2c1. The molecular weight excluding hydrogens is 238 g/mol. The van der Waals surface area contributed by atoms with Gasteiger partial charge in [-0.15, -0.1) is 0 Å². The number of para-hydroxylation sites is 1. The van der Waals surface area contributed by atoms with Crippen LogP contribution >= 0.6 is 0 Å². The van der Waals surface area contributed by atoms with Gasteiger partial charge in [-0.25, -0.2) is 0 Å². The molecule has 0 amide bonds. The Balaban J connectivity index is 1.96. The predicted molar refractivity (Wildman–Crippen MR) is 76.4 cm³/mol. The summed E-state index contributed by atoms with van der Waals surface area (Å²) in [5.41, 5.74) is 10.5. The lowest BCUT2D eigenvalue weighted by molar-refractivity contribution is 0.623. The van der Waals surface area contributed by atoms with E-state index in [0.717, 1.165) is 27.9 Å². The maximum Gasteiger partial charge on any atom is 0.300 e. The third-order valence-electron chi connectivity index (χ3n) is 3.02. The molecule has 96 valence electrons. The van der Waals surface area contributed by atoms with Crippen LogP contribution in [-0.4, -0.2) is 4.98 Å². The highest BCUT2D eigenvalue weighted by Gasteiger charge is 2.07. The summed E-state index contributed by atoms with van der Waals surface area (Å²) in [6, 6.07) is 14.3. The number of hydrogen-bond donors (Lipinski definition) is 2. The second-order valence-corrected chi connectivity index (χ2v) is 4.48. The van der Waals surface area contributed by atoms with Crippen LogP contribution in [-0.2, 0) is 6.54 Å². The van der Waals surface area contributed by atoms with Crippen LogP contribution in [0.5, 0.6) is 0 Å². The van der Waals surface area contributed by atoms with E-state index in [4.69, 9.17) is 10.2 Å². The van der Waals surface area contributed by atoms with Gasteiger partial charge in [0.05, 0.1) is 0 Å². The summed E-state index contributed by atoms with van der Waals surface area (Å²) in [6.07, 6.45) is 0. The van der Waals surface area contributed by atoms with Crippen LogP contribution in [0.1, 0.15) is 11.1 Å². The van der Waals surface area contributed by atoms with E-state index in [1.54, 1.807) is 0 Å². The first kappa shape index (κ1) is 11.7. The molecular formula is C15H15N3O. The van der Waals surface area contributed by atoms with Gasteiger partial charge in [0.2, 0.25) is 0 Å². The summed E-state index contributed by atoms with van der Waals surface area (Å²) in [5, 5.41) is 3.17. The normalized spacial score (nSPS) is 10.8. The number of anilines is 2. The van der Waals surface area contributed by atoms with E-state index in [1.807, 2.05) is 49.4 Å². The number of oxazole rings is 1. The number of aryl methyl sites for hydroxylation is 1. The molecule has 1 heterocycles. The summed E-state index contributed by atoms with van der Waals surface area (Å²) in [7, 11) is 0. The average molecular weight is 253 g/mol. The van der Waals surface area contributed by atoms with E-state index in [0.29, 0.717) is 12.6 Å². The highest BCUT2D eigenvalue weighted by atomic mass is 16.4. The molecule has 3 rings (SSSR count). The van der Waals surface area contributed by atoms with Crippen molar-refractivity contribution in [3.63, 3.8) is 0 Å². The number of nitrogens with two attached hydrogens (primary N) is 1. The second-order valence-electron chi connectivity index (χ2n) is 4.48. The molecule has 0 bridgehead atoms. The van der Waals surface area contributed by atoms with Gasteiger partial charge in [-0.1, -0.05) is 24.3 Å². The van der Waals surface area contributed by atoms with Crippen molar-refractivity contribution in [2.45, 2.75) is 13.5 Å². The first-order chi connectivity index (χ1) is 9.26. The Morgan fingerprint density at radius 3 is 2.89 bits per heavy atom. The number of nitrogens with zero attached hydrogens (tertiary/aromatic N) is 1. The van der Waals surface area contributed by atoms with Gasteiger partial charge in [-0.2, -0.15) is 4.98 Å². The van der Waals surface area contributed by atoms with Crippen molar-refractivity contribution < 1.29 is 4.42 Å². The average Bonchev–Trinajstić information content (AvgIpc) is 2.80. The fourth-order valence-corrected chi connectivity index (χ4v) is 2.03. The van der Waals surface area contributed by atoms with Crippen molar-refractivity contribution in [1.29, 1.82) is 0 Å². The predicted octanol–water partition coefficient (Wildman–Crippen LogP) is 3.34. The van der Waals surface area contributed by atoms with Crippen LogP contribution in [0.3, 0.4) is 0 Å². The van der Waals surface area contributed by atoms with Crippen LogP contribution in [0.15, 0.2) is 46.9 Å². The van der Waals surface area contributed by atoms with Gasteiger partial charge in [-0.3, -0.25) is 0 Å². The highest BCUT2D eigenvalue weighted by molar-refractivity contribution is 5.76. The van der Waals surface area contributed by atoms with E-state index in [2.05, 4.69) is 10.3 Å². The van der Waals surface area contributed by atoms with Crippen molar-refractivity contribution in [2.24, 2.45) is 5.73 Å². The molecule has 0 spiro atoms. The number of fused-ring (bicyclic) bond motifs is 1. The Hall–Kier alpha value is -2.33. The zero-order valence-corrected chi connectivity index (χ0v) is 10.7. The zero-order chi connectivity index (χ0) is 13.2. The van der Waals surface area contributed by atoms with Crippen molar-refractivity contribution in [1.82, 2.24) is 4.98 Å². The molecule has 0 atom stereocenters. The van der Waals surface area contributed by atoms with Gasteiger partial charge in [0.25, 0.3) is 6.01 Å². The molecule has 3 aromatic rings. The molecule has 0 fully saturated rings. The summed E-state index contributed by atoms with van der Waals surface area (Å²) in [6.45, 7) is 2.51. The van der Waals surface area contributed by atoms with E-state index < -0.39 is 0 Å². The lowest BCUT2D eigenvalue weighted by atomic mass is 10.2. The fourth-order valence-electron chi connectivity index (χ4n) is 2.03. The van der Waals surface area contributed by atoms with Gasteiger partial charge in [-0.05, 0) is 36.2 Å². The van der Waals surface area contributed by atoms with Crippen LogP contribution < -0.4 is 11.1 Å². The van der Waals surface area contributed by atoms with E-state index in [9.17, 15) is 0 Å². The lowest BCUT2D eigenvalue weighted by Gasteiger charge is -2.06. The Kier molecular flexibility index (Phi) is 2.93. The summed E-state index contributed by atoms with van der Waals surface area (Å²) in [5.74, 6) is 0. The third-order valence-corrected chi connectivity index (χ3v) is 3.02. The van der Waals surface area contributed by atoms with Crippen LogP contribution in [0, 0.1) is 6.92 Å². The smallest absolute Gasteiger partial charge is 0.300 e. The summed E-state index contributed by atoms with van der Waals surface area (Å²) in [4.78, 5) is 4.43. The number of nitrogens with one attached hydrogen (secondary N) is 1. The Labute approximate surface area is 111 Å². The first-order valence-corrected chi connectivity index (χ1v) is 6.18. The van der Waals surface area contributed by atoms with Crippen molar-refractivity contribution in [3.05, 3.63) is 53.6 Å². The number of benzene rings is 2. The monoisotopic (exact) mass is 253 g/mol. The molecule has 2 aromatic carbocycles. The van der Waals surface area contributed by atoms with E-state index >= 15 is 0 Å². The van der Waals surface area contributed by atoms with Gasteiger partial charge >= 0.3 is 0 Å². The lowest BCUT2D eigenvalue weighted by Crippen LogP contribution is -2.01. The largest absolute Gasteiger partial charge is 0.423 e. The molecule has 0 aliphatic rings. The standard InChI is InChI=1S/C15H15N3O/c1-10-6-7-14-13(8-10)18-15(19-14)17-12-5-3-2-4-11(12)9-16/h2-8H,9,16H2,1H3,(H,17,18). The third kappa shape index (κ3) is 2.30. The minimum atomic E-state index is 0.475. The molecule has 1 aromatic heterocycles. The molecule has 19 heavy (non-hydrogen) atoms. The maximum atomic E-state index is 5.71. The van der Waals surface area contributed by atoms with Gasteiger partial charge in [0.1, 0.15) is 5.52 Å². The van der Waals surface area contributed by atoms with E-state index in [1.165, 1.54) is 0 Å². The van der Waals surface area contributed by atoms with Crippen molar-refractivity contribution in [3.8, 4) is 0 Å².